The number of methoxy groups -OCH3 is 1. The molecule has 1 aromatic carbocycles. The molecule has 0 fully saturated rings. The van der Waals surface area contributed by atoms with Gasteiger partial charge in [-0.3, -0.25) is 10.1 Å². The molecule has 1 N–H and O–H groups in total. The van der Waals surface area contributed by atoms with Crippen LogP contribution in [0.3, 0.4) is 0 Å². The molecule has 18 heavy (non-hydrogen) atoms. The number of benzene rings is 1. The Morgan fingerprint density at radius 3 is 2.61 bits per heavy atom. The van der Waals surface area contributed by atoms with Crippen LogP contribution in [0, 0.1) is 5.82 Å². The molecule has 0 bridgehead atoms. The first-order chi connectivity index (χ1) is 8.27. The summed E-state index contributed by atoms with van der Waals surface area (Å²) < 4.78 is 18.3. The fourth-order valence-corrected chi connectivity index (χ4v) is 2.12. The Morgan fingerprint density at radius 1 is 1.50 bits per heavy atom. The predicted octanol–water partition coefficient (Wildman–Crippen LogP) is 3.19. The third-order valence-electron chi connectivity index (χ3n) is 2.72. The highest BCUT2D eigenvalue weighted by Crippen LogP contribution is 2.23. The average Bonchev–Trinajstić information content (AvgIpc) is 2.30. The summed E-state index contributed by atoms with van der Waals surface area (Å²) in [6.45, 7) is 5.40. The summed E-state index contributed by atoms with van der Waals surface area (Å²) >= 11 is 3.14. The molecular formula is C13H17BrFNO2. The molecular weight excluding hydrogens is 301 g/mol. The van der Waals surface area contributed by atoms with Crippen LogP contribution in [0.5, 0.6) is 0 Å². The minimum Gasteiger partial charge on any atom is -0.468 e. The average molecular weight is 318 g/mol. The van der Waals surface area contributed by atoms with E-state index in [9.17, 15) is 9.18 Å². The summed E-state index contributed by atoms with van der Waals surface area (Å²) in [5, 5.41) is 3.15. The highest BCUT2D eigenvalue weighted by atomic mass is 79.9. The van der Waals surface area contributed by atoms with Crippen molar-refractivity contribution in [3.8, 4) is 0 Å². The molecule has 0 aliphatic rings. The first-order valence-electron chi connectivity index (χ1n) is 5.59. The van der Waals surface area contributed by atoms with E-state index in [0.29, 0.717) is 4.47 Å². The van der Waals surface area contributed by atoms with Crippen LogP contribution in [-0.2, 0) is 9.53 Å². The largest absolute Gasteiger partial charge is 0.468 e. The molecule has 0 aliphatic heterocycles. The topological polar surface area (TPSA) is 38.3 Å². The van der Waals surface area contributed by atoms with E-state index < -0.39 is 5.54 Å². The van der Waals surface area contributed by atoms with Gasteiger partial charge in [0.2, 0.25) is 0 Å². The van der Waals surface area contributed by atoms with Crippen molar-refractivity contribution in [3.05, 3.63) is 34.1 Å². The molecule has 0 heterocycles. The van der Waals surface area contributed by atoms with Gasteiger partial charge in [0.25, 0.3) is 0 Å². The zero-order valence-electron chi connectivity index (χ0n) is 10.9. The fraction of sp³-hybridized carbons (Fsp3) is 0.462. The van der Waals surface area contributed by atoms with Gasteiger partial charge in [0.05, 0.1) is 11.6 Å². The fourth-order valence-electron chi connectivity index (χ4n) is 1.72. The monoisotopic (exact) mass is 317 g/mol. The lowest BCUT2D eigenvalue weighted by Crippen LogP contribution is -2.48. The molecule has 0 aliphatic carbocycles. The van der Waals surface area contributed by atoms with E-state index in [1.807, 2.05) is 6.92 Å². The maximum atomic E-state index is 13.1. The number of hydrogen-bond donors (Lipinski definition) is 1. The highest BCUT2D eigenvalue weighted by Gasteiger charge is 2.30. The minimum atomic E-state index is -0.797. The molecule has 1 unspecified atom stereocenters. The first-order valence-corrected chi connectivity index (χ1v) is 6.38. The van der Waals surface area contributed by atoms with Crippen molar-refractivity contribution < 1.29 is 13.9 Å². The van der Waals surface area contributed by atoms with Crippen LogP contribution >= 0.6 is 15.9 Å². The Bertz CT molecular complexity index is 449. The third-order valence-corrected chi connectivity index (χ3v) is 3.32. The molecule has 0 amide bonds. The van der Waals surface area contributed by atoms with E-state index in [-0.39, 0.29) is 17.8 Å². The van der Waals surface area contributed by atoms with Crippen molar-refractivity contribution in [3.63, 3.8) is 0 Å². The van der Waals surface area contributed by atoms with E-state index in [2.05, 4.69) is 21.2 Å². The smallest absolute Gasteiger partial charge is 0.325 e. The number of carbonyl (C=O) groups is 1. The van der Waals surface area contributed by atoms with Crippen LogP contribution in [0.4, 0.5) is 4.39 Å². The Labute approximate surface area is 115 Å². The van der Waals surface area contributed by atoms with Crippen molar-refractivity contribution in [1.29, 1.82) is 0 Å². The maximum Gasteiger partial charge on any atom is 0.325 e. The van der Waals surface area contributed by atoms with Crippen LogP contribution in [0.1, 0.15) is 32.4 Å². The van der Waals surface area contributed by atoms with Gasteiger partial charge in [-0.25, -0.2) is 4.39 Å². The van der Waals surface area contributed by atoms with Crippen LogP contribution < -0.4 is 5.32 Å². The van der Waals surface area contributed by atoms with Crippen molar-refractivity contribution in [2.24, 2.45) is 0 Å². The lowest BCUT2D eigenvalue weighted by molar-refractivity contribution is -0.147. The Balaban J connectivity index is 2.85. The SMILES string of the molecule is COC(=O)C(C)(C)NC(C)c1ccc(F)c(Br)c1. The van der Waals surface area contributed by atoms with E-state index >= 15 is 0 Å². The van der Waals surface area contributed by atoms with Crippen LogP contribution in [0.15, 0.2) is 22.7 Å². The summed E-state index contributed by atoms with van der Waals surface area (Å²) in [4.78, 5) is 11.6. The Morgan fingerprint density at radius 2 is 2.11 bits per heavy atom. The lowest BCUT2D eigenvalue weighted by Gasteiger charge is -2.27. The minimum absolute atomic E-state index is 0.101. The second-order valence-electron chi connectivity index (χ2n) is 4.66. The van der Waals surface area contributed by atoms with Crippen molar-refractivity contribution >= 4 is 21.9 Å². The van der Waals surface area contributed by atoms with Crippen LogP contribution in [0.2, 0.25) is 0 Å². The molecule has 1 atom stereocenters. The van der Waals surface area contributed by atoms with Gasteiger partial charge in [0.15, 0.2) is 0 Å². The zero-order valence-corrected chi connectivity index (χ0v) is 12.5. The second kappa shape index (κ2) is 5.80. The highest BCUT2D eigenvalue weighted by molar-refractivity contribution is 9.10. The van der Waals surface area contributed by atoms with Gasteiger partial charge >= 0.3 is 5.97 Å². The number of halogens is 2. The van der Waals surface area contributed by atoms with Crippen molar-refractivity contribution in [2.45, 2.75) is 32.4 Å². The van der Waals surface area contributed by atoms with Crippen molar-refractivity contribution in [1.82, 2.24) is 5.32 Å². The van der Waals surface area contributed by atoms with Crippen LogP contribution in [-0.4, -0.2) is 18.6 Å². The summed E-state index contributed by atoms with van der Waals surface area (Å²) in [6, 6.07) is 4.67. The summed E-state index contributed by atoms with van der Waals surface area (Å²) in [5.41, 5.74) is 0.0925. The first kappa shape index (κ1) is 15.1. The number of ether oxygens (including phenoxy) is 1. The normalized spacial score (nSPS) is 13.2. The van der Waals surface area contributed by atoms with Gasteiger partial charge in [-0.15, -0.1) is 0 Å². The standard InChI is InChI=1S/C13H17BrFNO2/c1-8(16-13(2,3)12(17)18-4)9-5-6-11(15)10(14)7-9/h5-8,16H,1-4H3. The van der Waals surface area contributed by atoms with Crippen molar-refractivity contribution in [2.75, 3.05) is 7.11 Å². The van der Waals surface area contributed by atoms with E-state index in [4.69, 9.17) is 4.74 Å². The molecule has 0 saturated carbocycles. The van der Waals surface area contributed by atoms with Gasteiger partial charge in [0, 0.05) is 6.04 Å². The predicted molar refractivity (Wildman–Crippen MR) is 71.7 cm³/mol. The molecule has 0 saturated heterocycles. The van der Waals surface area contributed by atoms with Crippen LogP contribution in [0.25, 0.3) is 0 Å². The van der Waals surface area contributed by atoms with E-state index in [1.165, 1.54) is 13.2 Å². The third kappa shape index (κ3) is 3.53. The van der Waals surface area contributed by atoms with Gasteiger partial charge in [0.1, 0.15) is 11.4 Å². The van der Waals surface area contributed by atoms with Gasteiger partial charge in [-0.1, -0.05) is 6.07 Å². The summed E-state index contributed by atoms with van der Waals surface area (Å²) in [7, 11) is 1.35. The molecule has 0 spiro atoms. The molecule has 5 heteroatoms. The zero-order chi connectivity index (χ0) is 13.9. The molecule has 0 radical (unpaired) electrons. The van der Waals surface area contributed by atoms with E-state index in [0.717, 1.165) is 5.56 Å². The Hall–Kier alpha value is -0.940. The number of carbonyl (C=O) groups excluding carboxylic acids is 1. The number of rotatable bonds is 4. The van der Waals surface area contributed by atoms with Gasteiger partial charge < -0.3 is 4.74 Å². The lowest BCUT2D eigenvalue weighted by atomic mass is 10.0. The van der Waals surface area contributed by atoms with Gasteiger partial charge in [-0.2, -0.15) is 0 Å². The number of esters is 1. The van der Waals surface area contributed by atoms with E-state index in [1.54, 1.807) is 26.0 Å². The van der Waals surface area contributed by atoms with Gasteiger partial charge in [-0.05, 0) is 54.4 Å². The maximum absolute atomic E-state index is 13.1. The summed E-state index contributed by atoms with van der Waals surface area (Å²) in [5.74, 6) is -0.645. The number of hydrogen-bond acceptors (Lipinski definition) is 3. The summed E-state index contributed by atoms with van der Waals surface area (Å²) in [6.07, 6.45) is 0. The second-order valence-corrected chi connectivity index (χ2v) is 5.51. The molecule has 1 aromatic rings. The Kier molecular flexibility index (Phi) is 4.87. The molecule has 100 valence electrons. The molecule has 3 nitrogen and oxygen atoms in total. The molecule has 0 aromatic heterocycles. The molecule has 1 rings (SSSR count). The quantitative estimate of drug-likeness (QED) is 0.867. The number of nitrogens with one attached hydrogen (secondary N) is 1.